The third-order valence-electron chi connectivity index (χ3n) is 4.86. The van der Waals surface area contributed by atoms with E-state index in [4.69, 9.17) is 0 Å². The number of anilines is 1. The van der Waals surface area contributed by atoms with Crippen LogP contribution in [0.15, 0.2) is 5.38 Å². The molecule has 0 unspecified atom stereocenters. The molecule has 0 atom stereocenters. The van der Waals surface area contributed by atoms with Gasteiger partial charge in [-0.1, -0.05) is 0 Å². The molecular formula is C16H24N6S. The molecule has 23 heavy (non-hydrogen) atoms. The maximum absolute atomic E-state index is 4.60. The Hall–Kier alpha value is -1.47. The van der Waals surface area contributed by atoms with E-state index in [0.717, 1.165) is 44.1 Å². The fourth-order valence-corrected chi connectivity index (χ4v) is 4.35. The van der Waals surface area contributed by atoms with Crippen LogP contribution in [0.1, 0.15) is 43.0 Å². The molecule has 0 aliphatic carbocycles. The van der Waals surface area contributed by atoms with E-state index in [9.17, 15) is 0 Å². The van der Waals surface area contributed by atoms with Gasteiger partial charge in [-0.25, -0.2) is 4.98 Å². The summed E-state index contributed by atoms with van der Waals surface area (Å²) in [4.78, 5) is 7.01. The van der Waals surface area contributed by atoms with Crippen LogP contribution in [0.4, 0.5) is 5.13 Å². The lowest BCUT2D eigenvalue weighted by atomic mass is 10.1. The zero-order valence-electron chi connectivity index (χ0n) is 13.7. The van der Waals surface area contributed by atoms with Crippen LogP contribution < -0.4 is 10.2 Å². The van der Waals surface area contributed by atoms with E-state index in [1.807, 2.05) is 0 Å². The third kappa shape index (κ3) is 3.26. The molecule has 1 N–H and O–H groups in total. The summed E-state index contributed by atoms with van der Waals surface area (Å²) < 4.78 is 2.31. The Morgan fingerprint density at radius 1 is 1.22 bits per heavy atom. The average molecular weight is 332 g/mol. The van der Waals surface area contributed by atoms with Gasteiger partial charge in [0.15, 0.2) is 5.13 Å². The molecule has 0 spiro atoms. The Morgan fingerprint density at radius 3 is 2.87 bits per heavy atom. The van der Waals surface area contributed by atoms with Crippen LogP contribution in [-0.2, 0) is 19.5 Å². The first-order chi connectivity index (χ1) is 11.3. The summed E-state index contributed by atoms with van der Waals surface area (Å²) >= 11 is 1.76. The van der Waals surface area contributed by atoms with Crippen molar-refractivity contribution >= 4 is 16.5 Å². The first-order valence-corrected chi connectivity index (χ1v) is 9.49. The van der Waals surface area contributed by atoms with Crippen molar-refractivity contribution in [2.75, 3.05) is 18.0 Å². The quantitative estimate of drug-likeness (QED) is 0.929. The highest BCUT2D eigenvalue weighted by Gasteiger charge is 2.22. The standard InChI is InChI=1S/C16H24N6S/c1-12-11-23-16(18-12)21-8-5-13(6-9-21)17-10-15-20-19-14-4-2-3-7-22(14)15/h11,13,17H,2-10H2,1H3. The van der Waals surface area contributed by atoms with Crippen molar-refractivity contribution in [3.8, 4) is 0 Å². The Morgan fingerprint density at radius 2 is 2.09 bits per heavy atom. The minimum absolute atomic E-state index is 0.573. The summed E-state index contributed by atoms with van der Waals surface area (Å²) in [6.07, 6.45) is 5.92. The summed E-state index contributed by atoms with van der Waals surface area (Å²) in [5.41, 5.74) is 1.13. The van der Waals surface area contributed by atoms with Crippen molar-refractivity contribution in [2.45, 2.75) is 58.2 Å². The second-order valence-corrected chi connectivity index (χ2v) is 7.39. The highest BCUT2D eigenvalue weighted by Crippen LogP contribution is 2.24. The number of nitrogens with one attached hydrogen (secondary N) is 1. The maximum Gasteiger partial charge on any atom is 0.185 e. The molecule has 2 aliphatic rings. The molecule has 1 fully saturated rings. The molecule has 1 saturated heterocycles. The Labute approximate surface area is 140 Å². The SMILES string of the molecule is Cc1csc(N2CCC(NCc3nnc4n3CCCC4)CC2)n1. The van der Waals surface area contributed by atoms with Gasteiger partial charge in [0.1, 0.15) is 11.6 Å². The van der Waals surface area contributed by atoms with Gasteiger partial charge in [-0.2, -0.15) is 0 Å². The monoisotopic (exact) mass is 332 g/mol. The molecule has 0 radical (unpaired) electrons. The van der Waals surface area contributed by atoms with Crippen molar-refractivity contribution < 1.29 is 0 Å². The minimum atomic E-state index is 0.573. The zero-order chi connectivity index (χ0) is 15.6. The van der Waals surface area contributed by atoms with Gasteiger partial charge >= 0.3 is 0 Å². The molecule has 0 aromatic carbocycles. The lowest BCUT2D eigenvalue weighted by Gasteiger charge is -2.32. The first-order valence-electron chi connectivity index (χ1n) is 8.61. The summed E-state index contributed by atoms with van der Waals surface area (Å²) in [5, 5.41) is 15.7. The zero-order valence-corrected chi connectivity index (χ0v) is 14.5. The number of thiazole rings is 1. The van der Waals surface area contributed by atoms with Gasteiger partial charge in [0.05, 0.1) is 12.2 Å². The van der Waals surface area contributed by atoms with E-state index in [1.54, 1.807) is 11.3 Å². The fourth-order valence-electron chi connectivity index (χ4n) is 3.50. The number of fused-ring (bicyclic) bond motifs is 1. The summed E-state index contributed by atoms with van der Waals surface area (Å²) in [7, 11) is 0. The van der Waals surface area contributed by atoms with Gasteiger partial charge in [0, 0.05) is 37.5 Å². The van der Waals surface area contributed by atoms with Crippen LogP contribution in [0, 0.1) is 6.92 Å². The molecule has 0 amide bonds. The predicted octanol–water partition coefficient (Wildman–Crippen LogP) is 2.14. The number of aromatic nitrogens is 4. The van der Waals surface area contributed by atoms with E-state index in [-0.39, 0.29) is 0 Å². The number of piperidine rings is 1. The van der Waals surface area contributed by atoms with Crippen LogP contribution in [-0.4, -0.2) is 38.9 Å². The third-order valence-corrected chi connectivity index (χ3v) is 5.88. The largest absolute Gasteiger partial charge is 0.348 e. The van der Waals surface area contributed by atoms with Crippen LogP contribution in [0.3, 0.4) is 0 Å². The topological polar surface area (TPSA) is 58.9 Å². The van der Waals surface area contributed by atoms with Gasteiger partial charge in [-0.05, 0) is 32.6 Å². The highest BCUT2D eigenvalue weighted by molar-refractivity contribution is 7.13. The summed E-state index contributed by atoms with van der Waals surface area (Å²) in [6.45, 7) is 6.16. The number of rotatable bonds is 4. The number of hydrogen-bond donors (Lipinski definition) is 1. The molecule has 2 aliphatic heterocycles. The summed E-state index contributed by atoms with van der Waals surface area (Å²) in [6, 6.07) is 0.573. The predicted molar refractivity (Wildman–Crippen MR) is 91.9 cm³/mol. The van der Waals surface area contributed by atoms with Gasteiger partial charge in [-0.3, -0.25) is 0 Å². The van der Waals surface area contributed by atoms with Crippen LogP contribution in [0.25, 0.3) is 0 Å². The molecule has 7 heteroatoms. The molecule has 124 valence electrons. The normalized spacial score (nSPS) is 19.1. The van der Waals surface area contributed by atoms with Gasteiger partial charge < -0.3 is 14.8 Å². The van der Waals surface area contributed by atoms with Gasteiger partial charge in [-0.15, -0.1) is 21.5 Å². The van der Waals surface area contributed by atoms with Gasteiger partial charge in [0.25, 0.3) is 0 Å². The molecular weight excluding hydrogens is 308 g/mol. The van der Waals surface area contributed by atoms with Gasteiger partial charge in [0.2, 0.25) is 0 Å². The Kier molecular flexibility index (Phi) is 4.31. The lowest BCUT2D eigenvalue weighted by Crippen LogP contribution is -2.42. The van der Waals surface area contributed by atoms with E-state index in [2.05, 4.69) is 42.3 Å². The van der Waals surface area contributed by atoms with E-state index < -0.39 is 0 Å². The maximum atomic E-state index is 4.60. The molecule has 2 aromatic rings. The van der Waals surface area contributed by atoms with E-state index >= 15 is 0 Å². The molecule has 0 saturated carbocycles. The second kappa shape index (κ2) is 6.57. The van der Waals surface area contributed by atoms with E-state index in [0.29, 0.717) is 6.04 Å². The number of aryl methyl sites for hydroxylation is 2. The molecule has 0 bridgehead atoms. The lowest BCUT2D eigenvalue weighted by molar-refractivity contribution is 0.401. The molecule has 4 rings (SSSR count). The molecule has 4 heterocycles. The number of nitrogens with zero attached hydrogens (tertiary/aromatic N) is 5. The summed E-state index contributed by atoms with van der Waals surface area (Å²) in [5.74, 6) is 2.28. The van der Waals surface area contributed by atoms with E-state index in [1.165, 1.54) is 36.6 Å². The highest BCUT2D eigenvalue weighted by atomic mass is 32.1. The van der Waals surface area contributed by atoms with Crippen LogP contribution >= 0.6 is 11.3 Å². The van der Waals surface area contributed by atoms with Crippen molar-refractivity contribution in [3.63, 3.8) is 0 Å². The fraction of sp³-hybridized carbons (Fsp3) is 0.688. The Balaban J connectivity index is 1.29. The van der Waals surface area contributed by atoms with Crippen molar-refractivity contribution in [3.05, 3.63) is 22.7 Å². The Bertz CT molecular complexity index is 655. The molecule has 6 nitrogen and oxygen atoms in total. The molecule has 2 aromatic heterocycles. The smallest absolute Gasteiger partial charge is 0.185 e. The average Bonchev–Trinajstić information content (AvgIpc) is 3.20. The van der Waals surface area contributed by atoms with Crippen molar-refractivity contribution in [2.24, 2.45) is 0 Å². The second-order valence-electron chi connectivity index (χ2n) is 6.55. The minimum Gasteiger partial charge on any atom is -0.348 e. The first kappa shape index (κ1) is 15.1. The van der Waals surface area contributed by atoms with Crippen LogP contribution in [0.2, 0.25) is 0 Å². The van der Waals surface area contributed by atoms with Crippen molar-refractivity contribution in [1.29, 1.82) is 0 Å². The van der Waals surface area contributed by atoms with Crippen molar-refractivity contribution in [1.82, 2.24) is 25.1 Å². The number of hydrogen-bond acceptors (Lipinski definition) is 6. The van der Waals surface area contributed by atoms with Crippen LogP contribution in [0.5, 0.6) is 0 Å².